The average Bonchev–Trinajstić information content (AvgIpc) is 2.81. The molecule has 2 rings (SSSR count). The van der Waals surface area contributed by atoms with Gasteiger partial charge < -0.3 is 14.3 Å². The number of hydrogen-bond acceptors (Lipinski definition) is 6. The van der Waals surface area contributed by atoms with Crippen molar-refractivity contribution in [3.63, 3.8) is 0 Å². The Morgan fingerprint density at radius 3 is 2.67 bits per heavy atom. The van der Waals surface area contributed by atoms with Crippen LogP contribution in [0.25, 0.3) is 0 Å². The van der Waals surface area contributed by atoms with E-state index in [2.05, 4.69) is 15.5 Å². The molecule has 1 aromatic heterocycles. The van der Waals surface area contributed by atoms with Crippen molar-refractivity contribution in [1.82, 2.24) is 10.2 Å². The molecular formula is C13H13N3O5. The highest BCUT2D eigenvalue weighted by atomic mass is 16.5. The van der Waals surface area contributed by atoms with Gasteiger partial charge >= 0.3 is 12.0 Å². The van der Waals surface area contributed by atoms with Crippen molar-refractivity contribution in [2.75, 3.05) is 11.9 Å². The van der Waals surface area contributed by atoms with Crippen molar-refractivity contribution in [1.29, 1.82) is 0 Å². The van der Waals surface area contributed by atoms with Crippen molar-refractivity contribution >= 4 is 17.9 Å². The maximum Gasteiger partial charge on any atom is 0.335 e. The summed E-state index contributed by atoms with van der Waals surface area (Å²) in [4.78, 5) is 22.5. The van der Waals surface area contributed by atoms with E-state index >= 15 is 0 Å². The van der Waals surface area contributed by atoms with Crippen molar-refractivity contribution in [3.05, 3.63) is 35.2 Å². The third kappa shape index (κ3) is 3.78. The molecule has 0 spiro atoms. The first-order chi connectivity index (χ1) is 9.95. The number of ether oxygens (including phenoxy) is 1. The molecule has 0 fully saturated rings. The first-order valence-corrected chi connectivity index (χ1v) is 6.02. The second-order valence-electron chi connectivity index (χ2n) is 4.24. The predicted octanol–water partition coefficient (Wildman–Crippen LogP) is 1.40. The van der Waals surface area contributed by atoms with Crippen molar-refractivity contribution in [3.8, 4) is 5.75 Å². The quantitative estimate of drug-likeness (QED) is 0.855. The summed E-state index contributed by atoms with van der Waals surface area (Å²) in [6.07, 6.45) is 0. The van der Waals surface area contributed by atoms with Crippen LogP contribution in [0.3, 0.4) is 0 Å². The first kappa shape index (κ1) is 14.5. The van der Waals surface area contributed by atoms with E-state index in [4.69, 9.17) is 14.3 Å². The summed E-state index contributed by atoms with van der Waals surface area (Å²) < 4.78 is 10.3. The molecule has 8 nitrogen and oxygen atoms in total. The Bertz CT molecular complexity index is 680. The van der Waals surface area contributed by atoms with E-state index in [0.717, 1.165) is 0 Å². The number of aromatic nitrogens is 2. The molecular weight excluding hydrogens is 278 g/mol. The van der Waals surface area contributed by atoms with Gasteiger partial charge in [-0.1, -0.05) is 5.10 Å². The molecule has 1 aromatic carbocycles. The molecule has 1 amide bonds. The number of carbonyl (C=O) groups excluding carboxylic acids is 1. The Balaban J connectivity index is 1.92. The van der Waals surface area contributed by atoms with Crippen LogP contribution in [0.15, 0.2) is 22.6 Å². The number of amides is 1. The molecule has 2 N–H and O–H groups in total. The third-order valence-corrected chi connectivity index (χ3v) is 2.57. The highest BCUT2D eigenvalue weighted by molar-refractivity contribution is 5.90. The molecule has 0 unspecified atom stereocenters. The highest BCUT2D eigenvalue weighted by Gasteiger charge is 2.10. The number of nitrogens with one attached hydrogen (secondary N) is 1. The summed E-state index contributed by atoms with van der Waals surface area (Å²) in [5.41, 5.74) is 0.737. The SMILES string of the molecule is Cc1nnc(NC(=O)COc2ccc(C(=O)O)c(C)c2)o1. The van der Waals surface area contributed by atoms with Gasteiger partial charge in [-0.2, -0.15) is 0 Å². The van der Waals surface area contributed by atoms with Crippen LogP contribution < -0.4 is 10.1 Å². The van der Waals surface area contributed by atoms with Gasteiger partial charge in [-0.25, -0.2) is 4.79 Å². The van der Waals surface area contributed by atoms with Gasteiger partial charge in [-0.3, -0.25) is 10.1 Å². The number of nitrogens with zero attached hydrogens (tertiary/aromatic N) is 2. The predicted molar refractivity (Wildman–Crippen MR) is 71.3 cm³/mol. The van der Waals surface area contributed by atoms with Crippen molar-refractivity contribution in [2.45, 2.75) is 13.8 Å². The molecule has 0 aliphatic carbocycles. The van der Waals surface area contributed by atoms with Crippen LogP contribution in [0.2, 0.25) is 0 Å². The maximum absolute atomic E-state index is 11.6. The molecule has 2 aromatic rings. The Kier molecular flexibility index (Phi) is 4.17. The van der Waals surface area contributed by atoms with E-state index in [9.17, 15) is 9.59 Å². The molecule has 8 heteroatoms. The number of benzene rings is 1. The minimum absolute atomic E-state index is 0.00138. The monoisotopic (exact) mass is 291 g/mol. The fourth-order valence-electron chi connectivity index (χ4n) is 1.62. The van der Waals surface area contributed by atoms with E-state index in [1.54, 1.807) is 19.9 Å². The second kappa shape index (κ2) is 6.04. The topological polar surface area (TPSA) is 115 Å². The van der Waals surface area contributed by atoms with Crippen LogP contribution in [-0.4, -0.2) is 33.8 Å². The number of carboxylic acid groups (broad SMARTS) is 1. The summed E-state index contributed by atoms with van der Waals surface area (Å²) in [5, 5.41) is 18.5. The number of carboxylic acids is 1. The lowest BCUT2D eigenvalue weighted by Crippen LogP contribution is -2.20. The summed E-state index contributed by atoms with van der Waals surface area (Å²) in [7, 11) is 0. The standard InChI is InChI=1S/C13H13N3O5/c1-7-5-9(3-4-10(7)12(18)19)20-6-11(17)14-13-16-15-8(2)21-13/h3-5H,6H2,1-2H3,(H,18,19)(H,14,16,17). The minimum atomic E-state index is -1.01. The summed E-state index contributed by atoms with van der Waals surface area (Å²) in [5.74, 6) is -0.734. The number of carbonyl (C=O) groups is 2. The molecule has 0 saturated carbocycles. The Morgan fingerprint density at radius 1 is 1.33 bits per heavy atom. The summed E-state index contributed by atoms with van der Waals surface area (Å²) in [6, 6.07) is 4.46. The minimum Gasteiger partial charge on any atom is -0.484 e. The fraction of sp³-hybridized carbons (Fsp3) is 0.231. The van der Waals surface area contributed by atoms with Gasteiger partial charge in [-0.05, 0) is 30.7 Å². The molecule has 21 heavy (non-hydrogen) atoms. The maximum atomic E-state index is 11.6. The van der Waals surface area contributed by atoms with E-state index in [0.29, 0.717) is 17.2 Å². The summed E-state index contributed by atoms with van der Waals surface area (Å²) in [6.45, 7) is 3.00. The van der Waals surface area contributed by atoms with E-state index in [-0.39, 0.29) is 18.2 Å². The third-order valence-electron chi connectivity index (χ3n) is 2.57. The summed E-state index contributed by atoms with van der Waals surface area (Å²) >= 11 is 0. The lowest BCUT2D eigenvalue weighted by molar-refractivity contribution is -0.118. The Labute approximate surface area is 119 Å². The van der Waals surface area contributed by atoms with Crippen LogP contribution in [0.5, 0.6) is 5.75 Å². The molecule has 0 saturated heterocycles. The van der Waals surface area contributed by atoms with Crippen LogP contribution in [0.1, 0.15) is 21.8 Å². The fourth-order valence-corrected chi connectivity index (χ4v) is 1.62. The lowest BCUT2D eigenvalue weighted by Gasteiger charge is -2.07. The van der Waals surface area contributed by atoms with Crippen molar-refractivity contribution < 1.29 is 23.8 Å². The molecule has 0 bridgehead atoms. The zero-order valence-electron chi connectivity index (χ0n) is 11.4. The number of aryl methyl sites for hydroxylation is 2. The van der Waals surface area contributed by atoms with Crippen LogP contribution in [0, 0.1) is 13.8 Å². The molecule has 0 radical (unpaired) electrons. The van der Waals surface area contributed by atoms with Gasteiger partial charge in [0.2, 0.25) is 5.89 Å². The number of rotatable bonds is 5. The highest BCUT2D eigenvalue weighted by Crippen LogP contribution is 2.17. The zero-order chi connectivity index (χ0) is 15.4. The number of hydrogen-bond donors (Lipinski definition) is 2. The lowest BCUT2D eigenvalue weighted by atomic mass is 10.1. The number of anilines is 1. The molecule has 0 aliphatic rings. The van der Waals surface area contributed by atoms with Gasteiger partial charge in [0.05, 0.1) is 5.56 Å². The average molecular weight is 291 g/mol. The van der Waals surface area contributed by atoms with Gasteiger partial charge in [-0.15, -0.1) is 5.10 Å². The largest absolute Gasteiger partial charge is 0.484 e. The van der Waals surface area contributed by atoms with E-state index < -0.39 is 11.9 Å². The van der Waals surface area contributed by atoms with Gasteiger partial charge in [0, 0.05) is 6.92 Å². The van der Waals surface area contributed by atoms with Crippen LogP contribution in [0.4, 0.5) is 6.01 Å². The zero-order valence-corrected chi connectivity index (χ0v) is 11.4. The normalized spacial score (nSPS) is 10.2. The van der Waals surface area contributed by atoms with Gasteiger partial charge in [0.1, 0.15) is 5.75 Å². The van der Waals surface area contributed by atoms with E-state index in [1.165, 1.54) is 12.1 Å². The molecule has 0 aliphatic heterocycles. The Hall–Kier alpha value is -2.90. The molecule has 1 heterocycles. The smallest absolute Gasteiger partial charge is 0.335 e. The van der Waals surface area contributed by atoms with Gasteiger partial charge in [0.25, 0.3) is 5.91 Å². The van der Waals surface area contributed by atoms with Crippen LogP contribution >= 0.6 is 0 Å². The van der Waals surface area contributed by atoms with Gasteiger partial charge in [0.15, 0.2) is 6.61 Å². The first-order valence-electron chi connectivity index (χ1n) is 6.02. The van der Waals surface area contributed by atoms with E-state index in [1.807, 2.05) is 0 Å². The molecule has 0 atom stereocenters. The van der Waals surface area contributed by atoms with Crippen molar-refractivity contribution in [2.24, 2.45) is 0 Å². The Morgan fingerprint density at radius 2 is 2.10 bits per heavy atom. The number of aromatic carboxylic acids is 1. The van der Waals surface area contributed by atoms with Crippen LogP contribution in [-0.2, 0) is 4.79 Å². The second-order valence-corrected chi connectivity index (χ2v) is 4.24. The molecule has 110 valence electrons.